The molecule has 356 valence electrons. The first-order valence-corrected chi connectivity index (χ1v) is 24.7. The Morgan fingerprint density at radius 3 is 1.29 bits per heavy atom. The maximum Gasteiger partial charge on any atom is 0.643 e. The molecule has 0 atom stereocenters. The van der Waals surface area contributed by atoms with Crippen LogP contribution in [0.15, 0.2) is 48.5 Å². The van der Waals surface area contributed by atoms with Crippen molar-refractivity contribution in [2.75, 3.05) is 0 Å². The molecule has 0 aromatic heterocycles. The molecule has 0 saturated carbocycles. The zero-order valence-electron chi connectivity index (χ0n) is 32.9. The van der Waals surface area contributed by atoms with Crippen molar-refractivity contribution in [3.63, 3.8) is 0 Å². The third-order valence-electron chi connectivity index (χ3n) is 7.78. The number of esters is 2. The van der Waals surface area contributed by atoms with Gasteiger partial charge in [-0.3, -0.25) is 33.6 Å². The second-order valence-electron chi connectivity index (χ2n) is 12.6. The van der Waals surface area contributed by atoms with E-state index in [4.69, 9.17) is 86.8 Å². The summed E-state index contributed by atoms with van der Waals surface area (Å²) >= 11 is 19.6. The molecule has 1 heterocycles. The summed E-state index contributed by atoms with van der Waals surface area (Å²) in [6.07, 6.45) is 0.770. The van der Waals surface area contributed by atoms with Gasteiger partial charge in [0.25, 0.3) is 0 Å². The highest BCUT2D eigenvalue weighted by Crippen LogP contribution is 2.30. The van der Waals surface area contributed by atoms with E-state index in [0.717, 1.165) is 18.2 Å². The van der Waals surface area contributed by atoms with Gasteiger partial charge in [0, 0.05) is 30.4 Å². The highest BCUT2D eigenvalue weighted by atomic mass is 35.8. The molecule has 2 aliphatic rings. The predicted octanol–water partition coefficient (Wildman–Crippen LogP) is 12.6. The number of hydrogen-bond acceptors (Lipinski definition) is 8. The molecule has 4 aromatic rings. The van der Waals surface area contributed by atoms with Crippen molar-refractivity contribution in [3.05, 3.63) is 137 Å². The highest BCUT2D eigenvalue weighted by molar-refractivity contribution is 7.54. The molecule has 0 spiro atoms. The highest BCUT2D eigenvalue weighted by Gasteiger charge is 2.25. The minimum absolute atomic E-state index is 0.113. The molecule has 0 unspecified atom stereocenters. The number of Topliss-reactive ketones (excluding diaryl/α,β-unsaturated/α-hetero) is 3. The second-order valence-corrected chi connectivity index (χ2v) is 20.6. The molecule has 1 aliphatic carbocycles. The summed E-state index contributed by atoms with van der Waals surface area (Å²) in [4.78, 5) is 74.5. The molecule has 1 fully saturated rings. The lowest BCUT2D eigenvalue weighted by Gasteiger charge is -2.15. The van der Waals surface area contributed by atoms with E-state index in [9.17, 15) is 68.7 Å². The topological polar surface area (TPSA) is 169 Å². The average molecular weight is 1100 g/mol. The number of fused-ring (bicyclic) bond motifs is 1. The third kappa shape index (κ3) is 21.3. The van der Waals surface area contributed by atoms with Gasteiger partial charge >= 0.3 is 35.3 Å². The Labute approximate surface area is 405 Å². The number of ketones is 3. The van der Waals surface area contributed by atoms with Crippen LogP contribution in [0.3, 0.4) is 0 Å². The van der Waals surface area contributed by atoms with Crippen LogP contribution in [0.1, 0.15) is 88.0 Å². The zero-order chi connectivity index (χ0) is 50.6. The van der Waals surface area contributed by atoms with E-state index in [1.807, 2.05) is 0 Å². The summed E-state index contributed by atoms with van der Waals surface area (Å²) in [5, 5.41) is 15.3. The lowest BCUT2D eigenvalue weighted by Crippen LogP contribution is -2.14. The lowest BCUT2D eigenvalue weighted by atomic mass is 9.90. The van der Waals surface area contributed by atoms with Gasteiger partial charge in [-0.1, -0.05) is 52.5 Å². The standard InChI is InChI=1S/2C10H7ClF2O3.C10H7ClF2O.C6H3ClF2.C4H4O3.Al.3ClH/c2*11-6-3-5(4-7(12)10(6)13)8(14)1-2-9(15)16;11-6-4-5-2-1-3-7(14)8(5)10(13)9(6)12;7-4-2-1-3-5(8)6(4)9;5-3-1-2-4(6)7-3;;;;/h2*3-4H,1-2H2,(H,15,16);4H,1-3H2;1-3H;1-2H2;;3*1H/q;;;;;+3;;;/p-3. The number of hydrogen-bond donors (Lipinski definition) is 2. The van der Waals surface area contributed by atoms with Crippen LogP contribution in [0.25, 0.3) is 0 Å². The molecule has 0 bridgehead atoms. The molecule has 26 heteroatoms. The Morgan fingerprint density at radius 1 is 0.530 bits per heavy atom. The number of carboxylic acid groups (broad SMARTS) is 2. The number of carbonyl (C=O) groups excluding carboxylic acids is 5. The molecule has 10 nitrogen and oxygen atoms in total. The number of cyclic esters (lactones) is 2. The van der Waals surface area contributed by atoms with Crippen LogP contribution in [0.4, 0.5) is 35.1 Å². The molecular weight excluding hydrogens is 1070 g/mol. The van der Waals surface area contributed by atoms with Crippen LogP contribution in [0.2, 0.25) is 20.1 Å². The van der Waals surface area contributed by atoms with Gasteiger partial charge in [-0.2, -0.15) is 0 Å². The first kappa shape index (κ1) is 60.0. The van der Waals surface area contributed by atoms with Crippen LogP contribution in [0.5, 0.6) is 0 Å². The molecule has 4 aromatic carbocycles. The predicted molar refractivity (Wildman–Crippen MR) is 229 cm³/mol. The van der Waals surface area contributed by atoms with E-state index in [1.165, 1.54) is 18.2 Å². The number of aryl methyl sites for hydroxylation is 1. The van der Waals surface area contributed by atoms with E-state index in [2.05, 4.69) is 4.74 Å². The maximum absolute atomic E-state index is 13.3. The smallest absolute Gasteiger partial charge is 0.481 e. The number of rotatable bonds is 8. The molecule has 1 saturated heterocycles. The van der Waals surface area contributed by atoms with Crippen LogP contribution in [-0.2, 0) is 30.3 Å². The van der Waals surface area contributed by atoms with E-state index < -0.39 is 103 Å². The summed E-state index contributed by atoms with van der Waals surface area (Å²) in [6.45, 7) is 0. The minimum Gasteiger partial charge on any atom is -0.481 e. The van der Waals surface area contributed by atoms with Gasteiger partial charge in [0.05, 0.1) is 51.3 Å². The van der Waals surface area contributed by atoms with Crippen LogP contribution in [-0.4, -0.2) is 62.8 Å². The third-order valence-corrected chi connectivity index (χ3v) is 8.90. The van der Waals surface area contributed by atoms with Crippen molar-refractivity contribution in [3.8, 4) is 0 Å². The monoisotopic (exact) mass is 1090 g/mol. The van der Waals surface area contributed by atoms with E-state index in [1.54, 1.807) is 0 Å². The Hall–Kier alpha value is -4.03. The quantitative estimate of drug-likeness (QED) is 0.0432. The molecule has 2 N–H and O–H groups in total. The van der Waals surface area contributed by atoms with Gasteiger partial charge in [0.15, 0.2) is 63.9 Å². The van der Waals surface area contributed by atoms with Gasteiger partial charge in [0.2, 0.25) is 0 Å². The minimum atomic E-state index is -1.72. The van der Waals surface area contributed by atoms with Crippen LogP contribution >= 0.6 is 76.6 Å². The van der Waals surface area contributed by atoms with Crippen molar-refractivity contribution in [1.29, 1.82) is 0 Å². The Balaban J connectivity index is 0.000000414. The van der Waals surface area contributed by atoms with Crippen molar-refractivity contribution in [2.45, 2.75) is 57.8 Å². The fraction of sp³-hybridized carbons (Fsp3) is 0.225. The fourth-order valence-electron chi connectivity index (χ4n) is 4.78. The maximum atomic E-state index is 13.3. The molecule has 0 radical (unpaired) electrons. The van der Waals surface area contributed by atoms with Crippen LogP contribution < -0.4 is 0 Å². The Kier molecular flexibility index (Phi) is 27.0. The number of benzene rings is 4. The summed E-state index contributed by atoms with van der Waals surface area (Å²) in [6, 6.07) is 8.35. The Morgan fingerprint density at radius 2 is 0.939 bits per heavy atom. The number of carboxylic acids is 2. The zero-order valence-corrected chi connectivity index (χ0v) is 39.3. The number of ether oxygens (including phenoxy) is 1. The second kappa shape index (κ2) is 29.7. The fourth-order valence-corrected chi connectivity index (χ4v) is 5.57. The molecular formula is C40H28AlCl7F8O10. The number of aliphatic carboxylic acids is 2. The Bertz CT molecular complexity index is 2280. The SMILES string of the molecule is Fc1cccc(Cl)c1F.O=C(O)CCC(=O)c1cc(F)c(F)c(Cl)c1.O=C(O)CCC(=O)c1cc(F)c(F)c(Cl)c1.O=C1CCC(=O)O1.O=C1CCCc2cc(Cl)c(F)c(F)c21.[Cl][Al]([Cl])[Cl]. The normalized spacial score (nSPS) is 12.1. The van der Waals surface area contributed by atoms with Gasteiger partial charge < -0.3 is 14.9 Å². The molecule has 1 aliphatic heterocycles. The molecule has 6 rings (SSSR count). The van der Waals surface area contributed by atoms with E-state index in [-0.39, 0.29) is 77.5 Å². The first-order valence-electron chi connectivity index (χ1n) is 17.9. The van der Waals surface area contributed by atoms with Gasteiger partial charge in [-0.15, -0.1) is 0 Å². The van der Waals surface area contributed by atoms with E-state index >= 15 is 0 Å². The lowest BCUT2D eigenvalue weighted by molar-refractivity contribution is -0.152. The van der Waals surface area contributed by atoms with E-state index in [0.29, 0.717) is 30.5 Å². The van der Waals surface area contributed by atoms with Gasteiger partial charge in [0.1, 0.15) is 0 Å². The number of carbonyl (C=O) groups is 7. The average Bonchev–Trinajstić information content (AvgIpc) is 3.63. The van der Waals surface area contributed by atoms with Crippen molar-refractivity contribution in [2.24, 2.45) is 0 Å². The van der Waals surface area contributed by atoms with Crippen LogP contribution in [0, 0.1) is 46.5 Å². The van der Waals surface area contributed by atoms with Gasteiger partial charge in [-0.05, 0) is 60.9 Å². The van der Waals surface area contributed by atoms with Crippen molar-refractivity contribution < 1.29 is 83.6 Å². The van der Waals surface area contributed by atoms with Gasteiger partial charge in [-0.25, -0.2) is 65.3 Å². The first-order chi connectivity index (χ1) is 30.7. The molecule has 0 amide bonds. The van der Waals surface area contributed by atoms with Crippen molar-refractivity contribution >= 4 is 129 Å². The number of halogens is 15. The van der Waals surface area contributed by atoms with Crippen molar-refractivity contribution in [1.82, 2.24) is 0 Å². The largest absolute Gasteiger partial charge is 0.643 e. The molecule has 66 heavy (non-hydrogen) atoms. The summed E-state index contributed by atoms with van der Waals surface area (Å²) in [5.41, 5.74) is 0.138. The summed E-state index contributed by atoms with van der Waals surface area (Å²) in [7, 11) is 14.8. The summed E-state index contributed by atoms with van der Waals surface area (Å²) in [5.74, 6) is -13.6. The summed E-state index contributed by atoms with van der Waals surface area (Å²) < 4.78 is 106.